The van der Waals surface area contributed by atoms with Gasteiger partial charge in [0.1, 0.15) is 6.61 Å². The van der Waals surface area contributed by atoms with Crippen molar-refractivity contribution >= 4 is 17.2 Å². The normalized spacial score (nSPS) is 25.3. The molecule has 0 atom stereocenters. The number of nitrogens with zero attached hydrogens (tertiary/aromatic N) is 2. The van der Waals surface area contributed by atoms with Crippen molar-refractivity contribution in [2.45, 2.75) is 44.8 Å². The third-order valence-electron chi connectivity index (χ3n) is 5.45. The number of ether oxygens (including phenoxy) is 1. The molecular weight excluding hydrogens is 308 g/mol. The van der Waals surface area contributed by atoms with Gasteiger partial charge in [0.2, 0.25) is 5.91 Å². The number of piperidine rings is 1. The zero-order valence-corrected chi connectivity index (χ0v) is 14.7. The van der Waals surface area contributed by atoms with E-state index in [1.54, 1.807) is 0 Å². The van der Waals surface area contributed by atoms with E-state index in [1.165, 1.54) is 22.6 Å². The van der Waals surface area contributed by atoms with Crippen LogP contribution in [-0.4, -0.2) is 54.1 Å². The van der Waals surface area contributed by atoms with Crippen molar-refractivity contribution in [3.8, 4) is 0 Å². The molecule has 3 fully saturated rings. The first-order chi connectivity index (χ1) is 11.1. The summed E-state index contributed by atoms with van der Waals surface area (Å²) in [7, 11) is 0. The van der Waals surface area contributed by atoms with Gasteiger partial charge in [0.25, 0.3) is 0 Å². The quantitative estimate of drug-likeness (QED) is 0.849. The van der Waals surface area contributed by atoms with Gasteiger partial charge in [-0.3, -0.25) is 9.69 Å². The van der Waals surface area contributed by atoms with Crippen molar-refractivity contribution in [3.63, 3.8) is 0 Å². The number of hydrogen-bond acceptors (Lipinski definition) is 4. The zero-order chi connectivity index (χ0) is 15.9. The van der Waals surface area contributed by atoms with E-state index in [4.69, 9.17) is 4.74 Å². The smallest absolute Gasteiger partial charge is 0.248 e. The van der Waals surface area contributed by atoms with Crippen LogP contribution in [0.1, 0.15) is 35.4 Å². The van der Waals surface area contributed by atoms with Crippen molar-refractivity contribution in [2.75, 3.05) is 32.8 Å². The Morgan fingerprint density at radius 1 is 1.30 bits per heavy atom. The highest BCUT2D eigenvalue weighted by Gasteiger charge is 2.43. The minimum absolute atomic E-state index is 0.0787. The molecule has 1 aromatic heterocycles. The van der Waals surface area contributed by atoms with Gasteiger partial charge in [0.05, 0.1) is 5.60 Å². The van der Waals surface area contributed by atoms with Gasteiger partial charge in [-0.1, -0.05) is 0 Å². The highest BCUT2D eigenvalue weighted by molar-refractivity contribution is 7.11. The number of likely N-dealkylation sites (tertiary alicyclic amines) is 1. The molecule has 0 N–H and O–H groups in total. The zero-order valence-electron chi connectivity index (χ0n) is 13.9. The topological polar surface area (TPSA) is 32.8 Å². The molecule has 3 heterocycles. The minimum atomic E-state index is -0.0787. The molecule has 5 heteroatoms. The number of hydrogen-bond donors (Lipinski definition) is 0. The Kier molecular flexibility index (Phi) is 4.20. The van der Waals surface area contributed by atoms with Crippen molar-refractivity contribution in [1.82, 2.24) is 9.80 Å². The maximum absolute atomic E-state index is 12.1. The fourth-order valence-electron chi connectivity index (χ4n) is 3.78. The Bertz CT molecular complexity index is 573. The fraction of sp³-hybridized carbons (Fsp3) is 0.722. The summed E-state index contributed by atoms with van der Waals surface area (Å²) in [6.07, 6.45) is 4.69. The van der Waals surface area contributed by atoms with E-state index < -0.39 is 0 Å². The molecule has 23 heavy (non-hydrogen) atoms. The Morgan fingerprint density at radius 2 is 2.09 bits per heavy atom. The van der Waals surface area contributed by atoms with Gasteiger partial charge in [-0.05, 0) is 50.7 Å². The Morgan fingerprint density at radius 3 is 2.74 bits per heavy atom. The van der Waals surface area contributed by atoms with Gasteiger partial charge in [-0.2, -0.15) is 0 Å². The maximum Gasteiger partial charge on any atom is 0.248 e. The first-order valence-electron chi connectivity index (χ1n) is 8.81. The SMILES string of the molecule is Cc1ccc(CN2CCC3(CC2)CN(CC2CC2)C(=O)CO3)s1. The maximum atomic E-state index is 12.1. The van der Waals surface area contributed by atoms with E-state index >= 15 is 0 Å². The molecule has 1 saturated carbocycles. The molecule has 0 bridgehead atoms. The van der Waals surface area contributed by atoms with E-state index in [2.05, 4.69) is 28.9 Å². The van der Waals surface area contributed by atoms with Crippen LogP contribution in [0, 0.1) is 12.8 Å². The summed E-state index contributed by atoms with van der Waals surface area (Å²) in [6, 6.07) is 4.45. The number of carbonyl (C=O) groups excluding carboxylic acids is 1. The van der Waals surface area contributed by atoms with Gasteiger partial charge in [-0.15, -0.1) is 11.3 Å². The van der Waals surface area contributed by atoms with Crippen LogP contribution in [0.25, 0.3) is 0 Å². The molecule has 2 aliphatic heterocycles. The molecule has 0 radical (unpaired) electrons. The lowest BCUT2D eigenvalue weighted by atomic mass is 9.89. The lowest BCUT2D eigenvalue weighted by molar-refractivity contribution is -0.172. The standard InChI is InChI=1S/C18H26N2O2S/c1-14-2-5-16(23-14)11-19-8-6-18(7-9-19)13-20(10-15-3-4-15)17(21)12-22-18/h2,5,15H,3-4,6-13H2,1H3. The van der Waals surface area contributed by atoms with Crippen LogP contribution in [0.2, 0.25) is 0 Å². The van der Waals surface area contributed by atoms with E-state index in [9.17, 15) is 4.79 Å². The number of rotatable bonds is 4. The summed E-state index contributed by atoms with van der Waals surface area (Å²) in [6.45, 7) is 7.43. The molecule has 1 spiro atoms. The van der Waals surface area contributed by atoms with Gasteiger partial charge >= 0.3 is 0 Å². The van der Waals surface area contributed by atoms with Crippen molar-refractivity contribution in [2.24, 2.45) is 5.92 Å². The first-order valence-corrected chi connectivity index (χ1v) is 9.63. The van der Waals surface area contributed by atoms with Crippen LogP contribution >= 0.6 is 11.3 Å². The predicted molar refractivity (Wildman–Crippen MR) is 91.6 cm³/mol. The highest BCUT2D eigenvalue weighted by Crippen LogP contribution is 2.35. The van der Waals surface area contributed by atoms with Crippen LogP contribution in [-0.2, 0) is 16.1 Å². The van der Waals surface area contributed by atoms with Crippen LogP contribution in [0.5, 0.6) is 0 Å². The first kappa shape index (κ1) is 15.6. The van der Waals surface area contributed by atoms with Gasteiger partial charge in [0, 0.05) is 42.5 Å². The van der Waals surface area contributed by atoms with E-state index in [-0.39, 0.29) is 18.1 Å². The fourth-order valence-corrected chi connectivity index (χ4v) is 4.71. The van der Waals surface area contributed by atoms with Crippen molar-refractivity contribution < 1.29 is 9.53 Å². The molecule has 1 aliphatic carbocycles. The lowest BCUT2D eigenvalue weighted by Crippen LogP contribution is -2.58. The monoisotopic (exact) mass is 334 g/mol. The summed E-state index contributed by atoms with van der Waals surface area (Å²) in [4.78, 5) is 19.5. The van der Waals surface area contributed by atoms with Gasteiger partial charge < -0.3 is 9.64 Å². The van der Waals surface area contributed by atoms with Crippen molar-refractivity contribution in [3.05, 3.63) is 21.9 Å². The number of aryl methyl sites for hydroxylation is 1. The molecule has 1 amide bonds. The van der Waals surface area contributed by atoms with Gasteiger partial charge in [-0.25, -0.2) is 0 Å². The molecule has 1 aromatic rings. The average Bonchev–Trinajstić information content (AvgIpc) is 3.27. The molecule has 4 rings (SSSR count). The molecule has 0 unspecified atom stereocenters. The third-order valence-corrected chi connectivity index (χ3v) is 6.44. The molecule has 0 aromatic carbocycles. The molecule has 3 aliphatic rings. The van der Waals surface area contributed by atoms with Crippen molar-refractivity contribution in [1.29, 1.82) is 0 Å². The Labute approximate surface area is 142 Å². The highest BCUT2D eigenvalue weighted by atomic mass is 32.1. The summed E-state index contributed by atoms with van der Waals surface area (Å²) < 4.78 is 6.04. The predicted octanol–water partition coefficient (Wildman–Crippen LogP) is 2.66. The second-order valence-electron chi connectivity index (χ2n) is 7.48. The summed E-state index contributed by atoms with van der Waals surface area (Å²) in [5.41, 5.74) is -0.0787. The summed E-state index contributed by atoms with van der Waals surface area (Å²) >= 11 is 1.90. The van der Waals surface area contributed by atoms with E-state index in [0.717, 1.165) is 51.5 Å². The second kappa shape index (κ2) is 6.19. The average molecular weight is 334 g/mol. The molecular formula is C18H26N2O2S. The number of carbonyl (C=O) groups is 1. The molecule has 2 saturated heterocycles. The summed E-state index contributed by atoms with van der Waals surface area (Å²) in [5.74, 6) is 0.954. The lowest BCUT2D eigenvalue weighted by Gasteiger charge is -2.47. The Hall–Kier alpha value is -0.910. The van der Waals surface area contributed by atoms with Crippen LogP contribution in [0.15, 0.2) is 12.1 Å². The number of thiophene rings is 1. The number of amides is 1. The van der Waals surface area contributed by atoms with Crippen LogP contribution < -0.4 is 0 Å². The molecule has 4 nitrogen and oxygen atoms in total. The molecule has 126 valence electrons. The Balaban J connectivity index is 1.33. The minimum Gasteiger partial charge on any atom is -0.363 e. The van der Waals surface area contributed by atoms with E-state index in [1.807, 2.05) is 11.3 Å². The van der Waals surface area contributed by atoms with Gasteiger partial charge in [0.15, 0.2) is 0 Å². The second-order valence-corrected chi connectivity index (χ2v) is 8.85. The van der Waals surface area contributed by atoms with Crippen LogP contribution in [0.4, 0.5) is 0 Å². The third kappa shape index (κ3) is 3.62. The summed E-state index contributed by atoms with van der Waals surface area (Å²) in [5, 5.41) is 0. The van der Waals surface area contributed by atoms with E-state index in [0.29, 0.717) is 0 Å². The van der Waals surface area contributed by atoms with Crippen LogP contribution in [0.3, 0.4) is 0 Å². The number of morpholine rings is 1. The largest absolute Gasteiger partial charge is 0.363 e.